The van der Waals surface area contributed by atoms with Crippen LogP contribution in [-0.4, -0.2) is 58.5 Å². The Balaban J connectivity index is 2.92. The number of esters is 1. The average molecular weight is 410 g/mol. The van der Waals surface area contributed by atoms with Crippen molar-refractivity contribution in [2.24, 2.45) is 0 Å². The third kappa shape index (κ3) is 8.50. The summed E-state index contributed by atoms with van der Waals surface area (Å²) in [6.07, 6.45) is -1.44. The first-order valence-corrected chi connectivity index (χ1v) is 8.91. The summed E-state index contributed by atoms with van der Waals surface area (Å²) >= 11 is 0. The molecule has 1 rings (SSSR count). The highest BCUT2D eigenvalue weighted by Crippen LogP contribution is 2.15. The van der Waals surface area contributed by atoms with E-state index in [1.165, 1.54) is 24.3 Å². The smallest absolute Gasteiger partial charge is 0.408 e. The predicted molar refractivity (Wildman–Crippen MR) is 103 cm³/mol. The molecule has 1 amide bonds. The number of aliphatic carboxylic acids is 2. The van der Waals surface area contributed by atoms with Crippen molar-refractivity contribution < 1.29 is 38.9 Å². The summed E-state index contributed by atoms with van der Waals surface area (Å²) in [6.45, 7) is 6.68. The van der Waals surface area contributed by atoms with Crippen LogP contribution in [0.3, 0.4) is 0 Å². The Morgan fingerprint density at radius 1 is 1.07 bits per heavy atom. The molecule has 0 aliphatic carbocycles. The van der Waals surface area contributed by atoms with E-state index < -0.39 is 48.1 Å². The van der Waals surface area contributed by atoms with Crippen molar-refractivity contribution in [1.29, 1.82) is 0 Å². The minimum Gasteiger partial charge on any atom is -0.480 e. The molecule has 0 aliphatic rings. The highest BCUT2D eigenvalue weighted by atomic mass is 16.6. The Morgan fingerprint density at radius 2 is 1.69 bits per heavy atom. The van der Waals surface area contributed by atoms with Gasteiger partial charge in [0, 0.05) is 12.1 Å². The summed E-state index contributed by atoms with van der Waals surface area (Å²) in [4.78, 5) is 46.7. The highest BCUT2D eigenvalue weighted by Gasteiger charge is 2.30. The molecule has 1 unspecified atom stereocenters. The highest BCUT2D eigenvalue weighted by molar-refractivity contribution is 5.91. The van der Waals surface area contributed by atoms with Gasteiger partial charge in [-0.05, 0) is 45.9 Å². The molecule has 160 valence electrons. The number of benzene rings is 1. The fraction of sp³-hybridized carbons (Fsp3) is 0.474. The standard InChI is InChI=1S/C19H26N2O8/c1-5-28-17(26)11-7-6-8-12(9-11)20-13(15(22)23)10-14(16(24)25)21-18(27)29-19(2,3)4/h6-9,13-14,20H,5,10H2,1-4H3,(H,21,27)(H,22,23)(H,24,25)/t13?,14-/m0/s1. The van der Waals surface area contributed by atoms with E-state index in [1.807, 2.05) is 0 Å². The van der Waals surface area contributed by atoms with Crippen LogP contribution in [0.15, 0.2) is 24.3 Å². The number of carboxylic acids is 2. The lowest BCUT2D eigenvalue weighted by atomic mass is 10.1. The molecule has 10 nitrogen and oxygen atoms in total. The van der Waals surface area contributed by atoms with Crippen molar-refractivity contribution in [3.63, 3.8) is 0 Å². The molecule has 10 heteroatoms. The second kappa shape index (κ2) is 10.3. The van der Waals surface area contributed by atoms with Crippen LogP contribution in [-0.2, 0) is 19.1 Å². The van der Waals surface area contributed by atoms with E-state index in [1.54, 1.807) is 27.7 Å². The maximum atomic E-state index is 11.8. The lowest BCUT2D eigenvalue weighted by Gasteiger charge is -2.24. The zero-order chi connectivity index (χ0) is 22.2. The van der Waals surface area contributed by atoms with Gasteiger partial charge in [0.15, 0.2) is 0 Å². The number of carbonyl (C=O) groups is 4. The quantitative estimate of drug-likeness (QED) is 0.448. The van der Waals surface area contributed by atoms with Gasteiger partial charge in [0.25, 0.3) is 0 Å². The molecule has 1 aromatic carbocycles. The van der Waals surface area contributed by atoms with Gasteiger partial charge in [0.2, 0.25) is 0 Å². The third-order valence-electron chi connectivity index (χ3n) is 3.47. The van der Waals surface area contributed by atoms with E-state index in [0.29, 0.717) is 0 Å². The van der Waals surface area contributed by atoms with Gasteiger partial charge < -0.3 is 30.3 Å². The van der Waals surface area contributed by atoms with Gasteiger partial charge in [-0.3, -0.25) is 0 Å². The molecule has 0 spiro atoms. The molecule has 2 atom stereocenters. The number of hydrogen-bond donors (Lipinski definition) is 4. The zero-order valence-electron chi connectivity index (χ0n) is 16.7. The summed E-state index contributed by atoms with van der Waals surface area (Å²) in [5.41, 5.74) is -0.350. The van der Waals surface area contributed by atoms with Crippen LogP contribution >= 0.6 is 0 Å². The topological polar surface area (TPSA) is 151 Å². The molecule has 0 fully saturated rings. The van der Waals surface area contributed by atoms with E-state index in [9.17, 15) is 29.4 Å². The van der Waals surface area contributed by atoms with Gasteiger partial charge in [-0.1, -0.05) is 6.07 Å². The van der Waals surface area contributed by atoms with E-state index >= 15 is 0 Å². The van der Waals surface area contributed by atoms with Crippen LogP contribution in [0.25, 0.3) is 0 Å². The summed E-state index contributed by atoms with van der Waals surface area (Å²) in [5, 5.41) is 23.6. The van der Waals surface area contributed by atoms with Crippen LogP contribution in [0.4, 0.5) is 10.5 Å². The molecule has 29 heavy (non-hydrogen) atoms. The van der Waals surface area contributed by atoms with E-state index in [-0.39, 0.29) is 17.9 Å². The monoisotopic (exact) mass is 410 g/mol. The number of ether oxygens (including phenoxy) is 2. The predicted octanol–water partition coefficient (Wildman–Crippen LogP) is 2.10. The first-order valence-electron chi connectivity index (χ1n) is 8.91. The lowest BCUT2D eigenvalue weighted by Crippen LogP contribution is -2.47. The molecular formula is C19H26N2O8. The normalized spacial score (nSPS) is 13.0. The minimum atomic E-state index is -1.51. The van der Waals surface area contributed by atoms with Gasteiger partial charge in [0.05, 0.1) is 12.2 Å². The van der Waals surface area contributed by atoms with E-state index in [0.717, 1.165) is 0 Å². The van der Waals surface area contributed by atoms with Crippen LogP contribution in [0.2, 0.25) is 0 Å². The van der Waals surface area contributed by atoms with Crippen LogP contribution < -0.4 is 10.6 Å². The Kier molecular flexibility index (Phi) is 8.43. The van der Waals surface area contributed by atoms with Crippen molar-refractivity contribution in [1.82, 2.24) is 5.32 Å². The Hall–Kier alpha value is -3.30. The number of amides is 1. The number of rotatable bonds is 9. The molecule has 0 radical (unpaired) electrons. The molecule has 0 bridgehead atoms. The van der Waals surface area contributed by atoms with Crippen molar-refractivity contribution in [3.05, 3.63) is 29.8 Å². The zero-order valence-corrected chi connectivity index (χ0v) is 16.7. The Morgan fingerprint density at radius 3 is 2.21 bits per heavy atom. The minimum absolute atomic E-state index is 0.185. The molecule has 0 saturated carbocycles. The maximum absolute atomic E-state index is 11.8. The second-order valence-electron chi connectivity index (χ2n) is 7.11. The SMILES string of the molecule is CCOC(=O)c1cccc(NC(C[C@H](NC(=O)OC(C)(C)C)C(=O)O)C(=O)O)c1. The molecule has 1 aromatic rings. The summed E-state index contributed by atoms with van der Waals surface area (Å²) in [6, 6.07) is 3.08. The average Bonchev–Trinajstić information content (AvgIpc) is 2.59. The number of carboxylic acid groups (broad SMARTS) is 2. The largest absolute Gasteiger partial charge is 0.480 e. The summed E-state index contributed by atoms with van der Waals surface area (Å²) < 4.78 is 9.90. The first kappa shape index (κ1) is 23.7. The van der Waals surface area contributed by atoms with Gasteiger partial charge in [0.1, 0.15) is 17.7 Å². The van der Waals surface area contributed by atoms with E-state index in [2.05, 4.69) is 10.6 Å². The molecule has 0 saturated heterocycles. The Labute approximate surface area is 168 Å². The number of alkyl carbamates (subject to hydrolysis) is 1. The molecule has 0 aliphatic heterocycles. The fourth-order valence-electron chi connectivity index (χ4n) is 2.28. The number of hydrogen-bond acceptors (Lipinski definition) is 7. The second-order valence-corrected chi connectivity index (χ2v) is 7.11. The maximum Gasteiger partial charge on any atom is 0.408 e. The number of carbonyl (C=O) groups excluding carboxylic acids is 2. The van der Waals surface area contributed by atoms with E-state index in [4.69, 9.17) is 9.47 Å². The van der Waals surface area contributed by atoms with Crippen molar-refractivity contribution in [2.45, 2.75) is 51.8 Å². The number of nitrogens with one attached hydrogen (secondary N) is 2. The molecular weight excluding hydrogens is 384 g/mol. The van der Waals surface area contributed by atoms with Crippen molar-refractivity contribution in [2.75, 3.05) is 11.9 Å². The molecule has 4 N–H and O–H groups in total. The van der Waals surface area contributed by atoms with Crippen molar-refractivity contribution in [3.8, 4) is 0 Å². The van der Waals surface area contributed by atoms with Crippen LogP contribution in [0.5, 0.6) is 0 Å². The third-order valence-corrected chi connectivity index (χ3v) is 3.47. The van der Waals surface area contributed by atoms with Gasteiger partial charge >= 0.3 is 24.0 Å². The van der Waals surface area contributed by atoms with Crippen molar-refractivity contribution >= 4 is 29.7 Å². The summed E-state index contributed by atoms with van der Waals surface area (Å²) in [5.74, 6) is -3.31. The van der Waals surface area contributed by atoms with Gasteiger partial charge in [-0.25, -0.2) is 19.2 Å². The molecule has 0 heterocycles. The lowest BCUT2D eigenvalue weighted by molar-refractivity contribution is -0.141. The van der Waals surface area contributed by atoms with Gasteiger partial charge in [-0.15, -0.1) is 0 Å². The van der Waals surface area contributed by atoms with Crippen LogP contribution in [0.1, 0.15) is 44.5 Å². The van der Waals surface area contributed by atoms with Gasteiger partial charge in [-0.2, -0.15) is 0 Å². The van der Waals surface area contributed by atoms with Crippen LogP contribution in [0, 0.1) is 0 Å². The first-order chi connectivity index (χ1) is 13.4. The Bertz CT molecular complexity index is 757. The molecule has 0 aromatic heterocycles. The fourth-order valence-corrected chi connectivity index (χ4v) is 2.28. The summed E-state index contributed by atoms with van der Waals surface area (Å²) in [7, 11) is 0. The number of anilines is 1.